The summed E-state index contributed by atoms with van der Waals surface area (Å²) in [5.41, 5.74) is 1.31. The first-order chi connectivity index (χ1) is 14.4. The lowest BCUT2D eigenvalue weighted by atomic mass is 10.1. The van der Waals surface area contributed by atoms with Crippen LogP contribution in [0.5, 0.6) is 5.75 Å². The Morgan fingerprint density at radius 2 is 1.83 bits per heavy atom. The molecule has 1 amide bonds. The van der Waals surface area contributed by atoms with Gasteiger partial charge in [-0.05, 0) is 86.8 Å². The van der Waals surface area contributed by atoms with Gasteiger partial charge in [0.05, 0.1) is 21.1 Å². The van der Waals surface area contributed by atoms with Crippen molar-refractivity contribution in [3.63, 3.8) is 0 Å². The number of anilines is 1. The van der Waals surface area contributed by atoms with E-state index in [2.05, 4.69) is 43.1 Å². The number of ether oxygens (including phenoxy) is 2. The van der Waals surface area contributed by atoms with E-state index in [0.29, 0.717) is 31.5 Å². The Balaban J connectivity index is 2.18. The van der Waals surface area contributed by atoms with Crippen molar-refractivity contribution in [2.75, 3.05) is 18.5 Å². The normalized spacial score (nSPS) is 10.5. The molecule has 6 nitrogen and oxygen atoms in total. The minimum absolute atomic E-state index is 0.0967. The van der Waals surface area contributed by atoms with E-state index in [-0.39, 0.29) is 18.8 Å². The SMILES string of the molecule is C#CCOc1c(Br)cc(/C=C(\C#N)C(=O)Nc2ccc(C(=O)OCC)cc2)cc1Br. The number of esters is 1. The van der Waals surface area contributed by atoms with E-state index in [1.165, 1.54) is 18.2 Å². The molecule has 0 aliphatic carbocycles. The van der Waals surface area contributed by atoms with Crippen molar-refractivity contribution in [2.45, 2.75) is 6.92 Å². The van der Waals surface area contributed by atoms with Crippen molar-refractivity contribution in [1.82, 2.24) is 0 Å². The van der Waals surface area contributed by atoms with Gasteiger partial charge in [0.1, 0.15) is 24.0 Å². The molecule has 0 bridgehead atoms. The zero-order valence-electron chi connectivity index (χ0n) is 15.9. The Morgan fingerprint density at radius 1 is 1.20 bits per heavy atom. The van der Waals surface area contributed by atoms with Crippen LogP contribution in [0.2, 0.25) is 0 Å². The highest BCUT2D eigenvalue weighted by molar-refractivity contribution is 9.11. The second kappa shape index (κ2) is 11.2. The molecule has 0 saturated heterocycles. The number of hydrogen-bond acceptors (Lipinski definition) is 5. The Morgan fingerprint density at radius 3 is 2.37 bits per heavy atom. The molecule has 0 saturated carbocycles. The molecule has 0 unspecified atom stereocenters. The first-order valence-corrected chi connectivity index (χ1v) is 10.2. The third kappa shape index (κ3) is 6.21. The zero-order valence-corrected chi connectivity index (χ0v) is 19.0. The molecule has 0 aromatic heterocycles. The smallest absolute Gasteiger partial charge is 0.338 e. The molecule has 2 aromatic rings. The van der Waals surface area contributed by atoms with E-state index in [0.717, 1.165) is 0 Å². The maximum absolute atomic E-state index is 12.5. The van der Waals surface area contributed by atoms with E-state index in [4.69, 9.17) is 15.9 Å². The number of amides is 1. The number of benzene rings is 2. The second-order valence-electron chi connectivity index (χ2n) is 5.73. The largest absolute Gasteiger partial charge is 0.479 e. The number of terminal acetylenes is 1. The summed E-state index contributed by atoms with van der Waals surface area (Å²) in [6.07, 6.45) is 6.65. The first-order valence-electron chi connectivity index (χ1n) is 8.65. The summed E-state index contributed by atoms with van der Waals surface area (Å²) in [5, 5.41) is 12.0. The van der Waals surface area contributed by atoms with E-state index in [1.807, 2.05) is 6.07 Å². The van der Waals surface area contributed by atoms with Crippen LogP contribution in [0.15, 0.2) is 50.9 Å². The molecule has 0 fully saturated rings. The van der Waals surface area contributed by atoms with Crippen LogP contribution in [-0.2, 0) is 9.53 Å². The number of halogens is 2. The number of carbonyl (C=O) groups excluding carboxylic acids is 2. The van der Waals surface area contributed by atoms with Crippen molar-refractivity contribution in [1.29, 1.82) is 5.26 Å². The van der Waals surface area contributed by atoms with E-state index in [9.17, 15) is 14.9 Å². The molecule has 2 aromatic carbocycles. The van der Waals surface area contributed by atoms with Crippen molar-refractivity contribution in [2.24, 2.45) is 0 Å². The summed E-state index contributed by atoms with van der Waals surface area (Å²) >= 11 is 6.77. The van der Waals surface area contributed by atoms with Gasteiger partial charge < -0.3 is 14.8 Å². The van der Waals surface area contributed by atoms with Crippen molar-refractivity contribution >= 4 is 55.5 Å². The maximum Gasteiger partial charge on any atom is 0.338 e. The fraction of sp³-hybridized carbons (Fsp3) is 0.136. The Hall–Kier alpha value is -3.07. The van der Waals surface area contributed by atoms with E-state index in [1.54, 1.807) is 31.2 Å². The molecule has 0 heterocycles. The van der Waals surface area contributed by atoms with Crippen LogP contribution in [0, 0.1) is 23.7 Å². The Labute approximate surface area is 191 Å². The second-order valence-corrected chi connectivity index (χ2v) is 7.44. The van der Waals surface area contributed by atoms with Crippen molar-refractivity contribution in [3.05, 3.63) is 62.0 Å². The van der Waals surface area contributed by atoms with Gasteiger partial charge in [-0.3, -0.25) is 4.79 Å². The topological polar surface area (TPSA) is 88.4 Å². The number of nitriles is 1. The highest BCUT2D eigenvalue weighted by Gasteiger charge is 2.13. The molecular weight excluding hydrogens is 516 g/mol. The van der Waals surface area contributed by atoms with Crippen LogP contribution in [0.3, 0.4) is 0 Å². The molecule has 1 N–H and O–H groups in total. The van der Waals surface area contributed by atoms with Gasteiger partial charge in [0, 0.05) is 5.69 Å². The van der Waals surface area contributed by atoms with Gasteiger partial charge in [-0.2, -0.15) is 5.26 Å². The first kappa shape index (κ1) is 23.2. The lowest BCUT2D eigenvalue weighted by Gasteiger charge is -2.09. The summed E-state index contributed by atoms with van der Waals surface area (Å²) in [4.78, 5) is 24.2. The van der Waals surface area contributed by atoms with Crippen LogP contribution < -0.4 is 10.1 Å². The number of nitrogens with one attached hydrogen (secondary N) is 1. The molecule has 2 rings (SSSR count). The molecule has 152 valence electrons. The Kier molecular flexibility index (Phi) is 8.67. The molecule has 0 aliphatic rings. The summed E-state index contributed by atoms with van der Waals surface area (Å²) in [6.45, 7) is 2.10. The summed E-state index contributed by atoms with van der Waals surface area (Å²) in [7, 11) is 0. The van der Waals surface area contributed by atoms with E-state index >= 15 is 0 Å². The van der Waals surface area contributed by atoms with E-state index < -0.39 is 11.9 Å². The van der Waals surface area contributed by atoms with Crippen LogP contribution in [0.4, 0.5) is 5.69 Å². The predicted molar refractivity (Wildman–Crippen MR) is 121 cm³/mol. The highest BCUT2D eigenvalue weighted by Crippen LogP contribution is 2.35. The van der Waals surface area contributed by atoms with Crippen LogP contribution >= 0.6 is 31.9 Å². The molecular formula is C22H16Br2N2O4. The predicted octanol–water partition coefficient (Wildman–Crippen LogP) is 4.95. The average molecular weight is 532 g/mol. The lowest BCUT2D eigenvalue weighted by molar-refractivity contribution is -0.112. The summed E-state index contributed by atoms with van der Waals surface area (Å²) < 4.78 is 11.6. The molecule has 0 atom stereocenters. The van der Waals surface area contributed by atoms with Gasteiger partial charge in [0.2, 0.25) is 0 Å². The van der Waals surface area contributed by atoms with Gasteiger partial charge >= 0.3 is 5.97 Å². The van der Waals surface area contributed by atoms with Gasteiger partial charge in [0.15, 0.2) is 0 Å². The van der Waals surface area contributed by atoms with Crippen LogP contribution in [0.1, 0.15) is 22.8 Å². The van der Waals surface area contributed by atoms with Crippen LogP contribution in [-0.4, -0.2) is 25.1 Å². The fourth-order valence-corrected chi connectivity index (χ4v) is 3.78. The summed E-state index contributed by atoms with van der Waals surface area (Å²) in [6, 6.07) is 11.5. The average Bonchev–Trinajstić information content (AvgIpc) is 2.72. The maximum atomic E-state index is 12.5. The van der Waals surface area contributed by atoms with Crippen molar-refractivity contribution in [3.8, 4) is 24.2 Å². The Bertz CT molecular complexity index is 1040. The molecule has 8 heteroatoms. The summed E-state index contributed by atoms with van der Waals surface area (Å²) in [5.74, 6) is 1.88. The number of nitrogens with zero attached hydrogens (tertiary/aromatic N) is 1. The van der Waals surface area contributed by atoms with Gasteiger partial charge in [-0.15, -0.1) is 6.42 Å². The highest BCUT2D eigenvalue weighted by atomic mass is 79.9. The molecule has 30 heavy (non-hydrogen) atoms. The number of hydrogen-bond donors (Lipinski definition) is 1. The zero-order chi connectivity index (χ0) is 22.1. The molecule has 0 radical (unpaired) electrons. The minimum Gasteiger partial charge on any atom is -0.479 e. The number of rotatable bonds is 7. The lowest BCUT2D eigenvalue weighted by Crippen LogP contribution is -2.13. The number of carbonyl (C=O) groups is 2. The minimum atomic E-state index is -0.582. The monoisotopic (exact) mass is 530 g/mol. The quantitative estimate of drug-likeness (QED) is 0.236. The standard InChI is InChI=1S/C22H16Br2N2O4/c1-3-9-30-20-18(23)11-14(12-19(20)24)10-16(13-25)21(27)26-17-7-5-15(6-8-17)22(28)29-4-2/h1,5-8,10-12H,4,9H2,2H3,(H,26,27)/b16-10+. The van der Waals surface area contributed by atoms with Crippen molar-refractivity contribution < 1.29 is 19.1 Å². The molecule has 0 aliphatic heterocycles. The third-order valence-corrected chi connectivity index (χ3v) is 4.83. The molecule has 0 spiro atoms. The van der Waals surface area contributed by atoms with Gasteiger partial charge in [0.25, 0.3) is 5.91 Å². The fourth-order valence-electron chi connectivity index (χ4n) is 2.33. The van der Waals surface area contributed by atoms with Gasteiger partial charge in [-0.25, -0.2) is 4.79 Å². The van der Waals surface area contributed by atoms with Crippen LogP contribution in [0.25, 0.3) is 6.08 Å². The third-order valence-electron chi connectivity index (χ3n) is 3.65. The van der Waals surface area contributed by atoms with Gasteiger partial charge in [-0.1, -0.05) is 5.92 Å².